The summed E-state index contributed by atoms with van der Waals surface area (Å²) >= 11 is 7.83. The smallest absolute Gasteiger partial charge is 0.204 e. The van der Waals surface area contributed by atoms with Crippen LogP contribution in [0.3, 0.4) is 0 Å². The Kier molecular flexibility index (Phi) is 5.20. The van der Waals surface area contributed by atoms with Crippen LogP contribution in [-0.4, -0.2) is 56.4 Å². The number of fused-ring (bicyclic) bond motifs is 1. The van der Waals surface area contributed by atoms with E-state index in [1.165, 1.54) is 11.8 Å². The molecule has 0 aromatic carbocycles. The fourth-order valence-corrected chi connectivity index (χ4v) is 5.75. The monoisotopic (exact) mass is 460 g/mol. The summed E-state index contributed by atoms with van der Waals surface area (Å²) in [6.45, 7) is 6.50. The first-order valence-electron chi connectivity index (χ1n) is 10.3. The third kappa shape index (κ3) is 3.42. The normalized spacial score (nSPS) is 23.2. The SMILES string of the molecule is Cc1nc(N2CCC3(CC2)CO[C@@H](C)C3N)c2nncn2c1Sc1ccnc(N)c1Cl. The molecule has 2 saturated heterocycles. The Morgan fingerprint density at radius 3 is 2.81 bits per heavy atom. The molecule has 4 N–H and O–H groups in total. The molecule has 0 saturated carbocycles. The molecule has 0 amide bonds. The van der Waals surface area contributed by atoms with Crippen molar-refractivity contribution in [1.82, 2.24) is 24.6 Å². The Morgan fingerprint density at radius 1 is 1.32 bits per heavy atom. The molecular formula is C20H25ClN8OS. The number of nitrogens with two attached hydrogens (primary N) is 2. The lowest BCUT2D eigenvalue weighted by Crippen LogP contribution is -2.50. The summed E-state index contributed by atoms with van der Waals surface area (Å²) in [6, 6.07) is 1.92. The molecule has 9 nitrogen and oxygen atoms in total. The van der Waals surface area contributed by atoms with Gasteiger partial charge in [-0.2, -0.15) is 0 Å². The van der Waals surface area contributed by atoms with E-state index in [0.29, 0.717) is 10.8 Å². The number of pyridine rings is 1. The average molecular weight is 461 g/mol. The summed E-state index contributed by atoms with van der Waals surface area (Å²) in [4.78, 5) is 12.0. The fraction of sp³-hybridized carbons (Fsp3) is 0.500. The summed E-state index contributed by atoms with van der Waals surface area (Å²) in [5.41, 5.74) is 14.0. The second kappa shape index (κ2) is 7.77. The van der Waals surface area contributed by atoms with E-state index in [0.717, 1.165) is 59.6 Å². The average Bonchev–Trinajstić information content (AvgIpc) is 3.35. The molecule has 0 bridgehead atoms. The lowest BCUT2D eigenvalue weighted by Gasteiger charge is -2.41. The molecule has 2 aliphatic heterocycles. The third-order valence-corrected chi connectivity index (χ3v) is 8.30. The Morgan fingerprint density at radius 2 is 2.10 bits per heavy atom. The molecule has 11 heteroatoms. The van der Waals surface area contributed by atoms with Crippen molar-refractivity contribution in [2.24, 2.45) is 11.1 Å². The number of nitrogen functional groups attached to an aromatic ring is 1. The number of ether oxygens (including phenoxy) is 1. The number of piperidine rings is 1. The maximum absolute atomic E-state index is 6.47. The second-order valence-electron chi connectivity index (χ2n) is 8.35. The number of aromatic nitrogens is 5. The highest BCUT2D eigenvalue weighted by molar-refractivity contribution is 7.99. The van der Waals surface area contributed by atoms with Crippen molar-refractivity contribution in [1.29, 1.82) is 0 Å². The lowest BCUT2D eigenvalue weighted by atomic mass is 9.73. The van der Waals surface area contributed by atoms with Gasteiger partial charge in [-0.1, -0.05) is 23.4 Å². The first kappa shape index (κ1) is 20.7. The number of aryl methyl sites for hydroxylation is 1. The molecule has 0 aliphatic carbocycles. The summed E-state index contributed by atoms with van der Waals surface area (Å²) in [5.74, 6) is 1.15. The maximum Gasteiger partial charge on any atom is 0.204 e. The maximum atomic E-state index is 6.47. The predicted octanol–water partition coefficient (Wildman–Crippen LogP) is 2.55. The zero-order valence-corrected chi connectivity index (χ0v) is 19.0. The Hall–Kier alpha value is -2.14. The number of hydrogen-bond acceptors (Lipinski definition) is 9. The van der Waals surface area contributed by atoms with Crippen molar-refractivity contribution in [3.8, 4) is 0 Å². The molecule has 2 fully saturated rings. The van der Waals surface area contributed by atoms with Gasteiger partial charge in [-0.15, -0.1) is 10.2 Å². The minimum Gasteiger partial charge on any atom is -0.382 e. The molecule has 5 heterocycles. The molecule has 0 radical (unpaired) electrons. The van der Waals surface area contributed by atoms with Gasteiger partial charge in [0.2, 0.25) is 5.65 Å². The molecule has 31 heavy (non-hydrogen) atoms. The minimum absolute atomic E-state index is 0.0583. The number of nitrogens with zero attached hydrogens (tertiary/aromatic N) is 6. The molecule has 1 spiro atoms. The van der Waals surface area contributed by atoms with Crippen molar-refractivity contribution >= 4 is 40.6 Å². The van der Waals surface area contributed by atoms with Crippen molar-refractivity contribution in [3.63, 3.8) is 0 Å². The van der Waals surface area contributed by atoms with Crippen molar-refractivity contribution in [3.05, 3.63) is 29.3 Å². The molecule has 2 aliphatic rings. The van der Waals surface area contributed by atoms with E-state index in [1.54, 1.807) is 12.5 Å². The third-order valence-electron chi connectivity index (χ3n) is 6.54. The summed E-state index contributed by atoms with van der Waals surface area (Å²) in [6.07, 6.45) is 5.42. The number of anilines is 2. The van der Waals surface area contributed by atoms with Gasteiger partial charge in [-0.3, -0.25) is 4.40 Å². The quantitative estimate of drug-likeness (QED) is 0.607. The van der Waals surface area contributed by atoms with Crippen molar-refractivity contribution in [2.75, 3.05) is 30.3 Å². The van der Waals surface area contributed by atoms with E-state index in [-0.39, 0.29) is 17.6 Å². The van der Waals surface area contributed by atoms with E-state index < -0.39 is 0 Å². The minimum atomic E-state index is 0.0583. The molecule has 164 valence electrons. The number of hydrogen-bond donors (Lipinski definition) is 2. The van der Waals surface area contributed by atoms with Crippen LogP contribution >= 0.6 is 23.4 Å². The van der Waals surface area contributed by atoms with Crippen LogP contribution in [0, 0.1) is 12.3 Å². The highest BCUT2D eigenvalue weighted by atomic mass is 35.5. The van der Waals surface area contributed by atoms with Gasteiger partial charge < -0.3 is 21.1 Å². The van der Waals surface area contributed by atoms with Gasteiger partial charge in [0, 0.05) is 35.6 Å². The summed E-state index contributed by atoms with van der Waals surface area (Å²) in [7, 11) is 0. The van der Waals surface area contributed by atoms with Gasteiger partial charge in [0.05, 0.1) is 23.4 Å². The van der Waals surface area contributed by atoms with Crippen molar-refractivity contribution < 1.29 is 4.74 Å². The first-order chi connectivity index (χ1) is 14.9. The zero-order chi connectivity index (χ0) is 21.8. The fourth-order valence-electron chi connectivity index (χ4n) is 4.56. The van der Waals surface area contributed by atoms with E-state index >= 15 is 0 Å². The van der Waals surface area contributed by atoms with E-state index in [9.17, 15) is 0 Å². The van der Waals surface area contributed by atoms with E-state index in [1.807, 2.05) is 17.4 Å². The zero-order valence-electron chi connectivity index (χ0n) is 17.5. The predicted molar refractivity (Wildman–Crippen MR) is 121 cm³/mol. The molecule has 1 unspecified atom stereocenters. The molecule has 3 aromatic rings. The molecule has 3 aromatic heterocycles. The van der Waals surface area contributed by atoms with E-state index in [2.05, 4.69) is 27.0 Å². The molecule has 2 atom stereocenters. The number of halogens is 1. The van der Waals surface area contributed by atoms with Crippen LogP contribution in [0.4, 0.5) is 11.6 Å². The van der Waals surface area contributed by atoms with Gasteiger partial charge in [-0.05, 0) is 32.8 Å². The van der Waals surface area contributed by atoms with Crippen LogP contribution in [0.2, 0.25) is 5.02 Å². The largest absolute Gasteiger partial charge is 0.382 e. The van der Waals surface area contributed by atoms with Crippen LogP contribution in [0.15, 0.2) is 28.5 Å². The standard InChI is InChI=1S/C20H25ClN8OS/c1-11-19(31-13-3-6-24-16(23)14(13)21)29-10-25-27-18(29)17(26-11)28-7-4-20(5-8-28)9-30-12(2)15(20)22/h3,6,10,12,15H,4-5,7-9,22H2,1-2H3,(H2,23,24)/t12-,15?/m0/s1. The first-order valence-corrected chi connectivity index (χ1v) is 11.5. The highest BCUT2D eigenvalue weighted by Crippen LogP contribution is 2.43. The molecular weight excluding hydrogens is 436 g/mol. The Balaban J connectivity index is 1.45. The van der Waals surface area contributed by atoms with Gasteiger partial charge in [0.15, 0.2) is 5.82 Å². The summed E-state index contributed by atoms with van der Waals surface area (Å²) < 4.78 is 7.82. The van der Waals surface area contributed by atoms with Crippen LogP contribution in [-0.2, 0) is 4.74 Å². The van der Waals surface area contributed by atoms with Gasteiger partial charge in [0.1, 0.15) is 17.2 Å². The summed E-state index contributed by atoms with van der Waals surface area (Å²) in [5, 5.41) is 9.85. The van der Waals surface area contributed by atoms with Gasteiger partial charge >= 0.3 is 0 Å². The van der Waals surface area contributed by atoms with Gasteiger partial charge in [0.25, 0.3) is 0 Å². The van der Waals surface area contributed by atoms with Crippen LogP contribution in [0.25, 0.3) is 5.65 Å². The van der Waals surface area contributed by atoms with Gasteiger partial charge in [-0.25, -0.2) is 9.97 Å². The number of rotatable bonds is 3. The Labute approximate surface area is 189 Å². The Bertz CT molecular complexity index is 1130. The van der Waals surface area contributed by atoms with E-state index in [4.69, 9.17) is 32.8 Å². The topological polar surface area (TPSA) is 120 Å². The van der Waals surface area contributed by atoms with Crippen molar-refractivity contribution in [2.45, 2.75) is 48.8 Å². The van der Waals surface area contributed by atoms with Crippen LogP contribution in [0.5, 0.6) is 0 Å². The molecule has 5 rings (SSSR count). The highest BCUT2D eigenvalue weighted by Gasteiger charge is 2.47. The lowest BCUT2D eigenvalue weighted by molar-refractivity contribution is 0.0974. The second-order valence-corrected chi connectivity index (χ2v) is 9.76. The van der Waals surface area contributed by atoms with Crippen LogP contribution in [0.1, 0.15) is 25.5 Å². The van der Waals surface area contributed by atoms with Crippen LogP contribution < -0.4 is 16.4 Å².